The molecule has 22 heavy (non-hydrogen) atoms. The molecule has 0 bridgehead atoms. The van der Waals surface area contributed by atoms with Gasteiger partial charge >= 0.3 is 0 Å². The average molecular weight is 298 g/mol. The second kappa shape index (κ2) is 5.10. The van der Waals surface area contributed by atoms with E-state index in [0.717, 1.165) is 16.9 Å². The summed E-state index contributed by atoms with van der Waals surface area (Å²) in [5.41, 5.74) is 3.31. The first-order valence-electron chi connectivity index (χ1n) is 6.73. The first kappa shape index (κ1) is 14.0. The Morgan fingerprint density at radius 2 is 2.14 bits per heavy atom. The largest absolute Gasteiger partial charge is 0.340 e. The first-order chi connectivity index (χ1) is 10.5. The predicted molar refractivity (Wildman–Crippen MR) is 82.5 cm³/mol. The number of hydrogen-bond donors (Lipinski definition) is 1. The lowest BCUT2D eigenvalue weighted by Gasteiger charge is -2.12. The molecule has 1 N–H and O–H groups in total. The van der Waals surface area contributed by atoms with Gasteiger partial charge in [0.25, 0.3) is 5.69 Å². The third-order valence-corrected chi connectivity index (χ3v) is 3.69. The van der Waals surface area contributed by atoms with E-state index in [1.165, 1.54) is 12.3 Å². The van der Waals surface area contributed by atoms with Gasteiger partial charge in [0.1, 0.15) is 12.0 Å². The van der Waals surface area contributed by atoms with Gasteiger partial charge in [-0.25, -0.2) is 4.98 Å². The Hall–Kier alpha value is -2.96. The zero-order valence-corrected chi connectivity index (χ0v) is 12.2. The lowest BCUT2D eigenvalue weighted by molar-refractivity contribution is -0.385. The van der Waals surface area contributed by atoms with Crippen LogP contribution in [0.25, 0.3) is 0 Å². The van der Waals surface area contributed by atoms with Crippen LogP contribution in [0.15, 0.2) is 30.5 Å². The zero-order valence-electron chi connectivity index (χ0n) is 12.2. The summed E-state index contributed by atoms with van der Waals surface area (Å²) in [7, 11) is 1.75. The highest BCUT2D eigenvalue weighted by molar-refractivity contribution is 6.01. The van der Waals surface area contributed by atoms with Crippen LogP contribution in [0, 0.1) is 17.0 Å². The van der Waals surface area contributed by atoms with Crippen molar-refractivity contribution >= 4 is 28.8 Å². The van der Waals surface area contributed by atoms with E-state index in [2.05, 4.69) is 10.3 Å². The second-order valence-corrected chi connectivity index (χ2v) is 5.21. The van der Waals surface area contributed by atoms with Crippen LogP contribution < -0.4 is 10.2 Å². The zero-order chi connectivity index (χ0) is 15.9. The normalized spacial score (nSPS) is 13.2. The Morgan fingerprint density at radius 1 is 1.36 bits per heavy atom. The number of likely N-dealkylation sites (N-methyl/N-ethyl adjacent to an activating group) is 1. The number of amides is 1. The first-order valence-corrected chi connectivity index (χ1v) is 6.73. The maximum atomic E-state index is 11.7. The van der Waals surface area contributed by atoms with Crippen LogP contribution in [0.2, 0.25) is 0 Å². The highest BCUT2D eigenvalue weighted by Crippen LogP contribution is 2.31. The van der Waals surface area contributed by atoms with Crippen molar-refractivity contribution in [2.75, 3.05) is 17.3 Å². The number of anilines is 3. The summed E-state index contributed by atoms with van der Waals surface area (Å²) < 4.78 is 0. The highest BCUT2D eigenvalue weighted by atomic mass is 16.6. The lowest BCUT2D eigenvalue weighted by atomic mass is 10.1. The van der Waals surface area contributed by atoms with Gasteiger partial charge in [0.2, 0.25) is 5.91 Å². The molecule has 1 aromatic heterocycles. The Morgan fingerprint density at radius 3 is 2.82 bits per heavy atom. The average Bonchev–Trinajstić information content (AvgIpc) is 2.75. The van der Waals surface area contributed by atoms with Crippen LogP contribution in [-0.2, 0) is 11.2 Å². The second-order valence-electron chi connectivity index (χ2n) is 5.21. The number of benzene rings is 1. The minimum atomic E-state index is -0.472. The quantitative estimate of drug-likeness (QED) is 0.695. The molecule has 3 rings (SSSR count). The lowest BCUT2D eigenvalue weighted by Crippen LogP contribution is -2.20. The van der Waals surface area contributed by atoms with Gasteiger partial charge in [-0.3, -0.25) is 14.9 Å². The highest BCUT2D eigenvalue weighted by Gasteiger charge is 2.23. The van der Waals surface area contributed by atoms with Crippen molar-refractivity contribution in [2.45, 2.75) is 13.3 Å². The fourth-order valence-corrected chi connectivity index (χ4v) is 2.48. The van der Waals surface area contributed by atoms with E-state index < -0.39 is 4.92 Å². The number of fused-ring (bicyclic) bond motifs is 1. The molecular weight excluding hydrogens is 284 g/mol. The molecule has 0 saturated carbocycles. The minimum absolute atomic E-state index is 0.0378. The topological polar surface area (TPSA) is 88.4 Å². The summed E-state index contributed by atoms with van der Waals surface area (Å²) in [6.45, 7) is 1.76. The van der Waals surface area contributed by atoms with Crippen molar-refractivity contribution in [1.29, 1.82) is 0 Å². The van der Waals surface area contributed by atoms with Gasteiger partial charge in [-0.2, -0.15) is 0 Å². The standard InChI is InChI=1S/C15H14N4O3/c1-9-5-12(19(21)22)8-16-15(9)17-11-3-4-13-10(6-11)7-14(20)18(13)2/h3-6,8H,7H2,1-2H3,(H,16,17). The van der Waals surface area contributed by atoms with Gasteiger partial charge in [-0.1, -0.05) is 0 Å². The van der Waals surface area contributed by atoms with Gasteiger partial charge < -0.3 is 10.2 Å². The van der Waals surface area contributed by atoms with Crippen molar-refractivity contribution in [1.82, 2.24) is 4.98 Å². The third kappa shape index (κ3) is 2.37. The maximum absolute atomic E-state index is 11.7. The molecule has 1 aliphatic heterocycles. The van der Waals surface area contributed by atoms with E-state index in [-0.39, 0.29) is 11.6 Å². The Bertz CT molecular complexity index is 788. The van der Waals surface area contributed by atoms with Gasteiger partial charge in [-0.05, 0) is 36.2 Å². The Kier molecular flexibility index (Phi) is 3.25. The van der Waals surface area contributed by atoms with Crippen molar-refractivity contribution in [3.8, 4) is 0 Å². The van der Waals surface area contributed by atoms with Crippen LogP contribution in [0.1, 0.15) is 11.1 Å². The molecule has 1 amide bonds. The summed E-state index contributed by atoms with van der Waals surface area (Å²) in [4.78, 5) is 27.7. The number of rotatable bonds is 3. The minimum Gasteiger partial charge on any atom is -0.340 e. The third-order valence-electron chi connectivity index (χ3n) is 3.69. The molecule has 0 radical (unpaired) electrons. The number of aromatic nitrogens is 1. The predicted octanol–water partition coefficient (Wildman–Crippen LogP) is 2.56. The van der Waals surface area contributed by atoms with Crippen LogP contribution >= 0.6 is 0 Å². The number of nitrogens with one attached hydrogen (secondary N) is 1. The number of nitro groups is 1. The van der Waals surface area contributed by atoms with Crippen molar-refractivity contribution < 1.29 is 9.72 Å². The fourth-order valence-electron chi connectivity index (χ4n) is 2.48. The van der Waals surface area contributed by atoms with Crippen molar-refractivity contribution in [3.05, 3.63) is 51.7 Å². The number of pyridine rings is 1. The smallest absolute Gasteiger partial charge is 0.287 e. The molecule has 0 aliphatic carbocycles. The molecule has 1 aliphatic rings. The number of nitrogens with zero attached hydrogens (tertiary/aromatic N) is 3. The molecule has 2 aromatic rings. The van der Waals surface area contributed by atoms with E-state index >= 15 is 0 Å². The maximum Gasteiger partial charge on any atom is 0.287 e. The summed E-state index contributed by atoms with van der Waals surface area (Å²) in [5.74, 6) is 0.625. The number of hydrogen-bond acceptors (Lipinski definition) is 5. The molecule has 112 valence electrons. The van der Waals surface area contributed by atoms with Gasteiger partial charge in [0.05, 0.1) is 11.3 Å². The molecule has 1 aromatic carbocycles. The van der Waals surface area contributed by atoms with E-state index in [1.54, 1.807) is 18.9 Å². The van der Waals surface area contributed by atoms with E-state index in [4.69, 9.17) is 0 Å². The SMILES string of the molecule is Cc1cc([N+](=O)[O-])cnc1Nc1ccc2c(c1)CC(=O)N2C. The van der Waals surface area contributed by atoms with E-state index in [9.17, 15) is 14.9 Å². The molecule has 7 nitrogen and oxygen atoms in total. The molecule has 0 atom stereocenters. The van der Waals surface area contributed by atoms with Crippen molar-refractivity contribution in [2.24, 2.45) is 0 Å². The van der Waals surface area contributed by atoms with E-state index in [1.807, 2.05) is 18.2 Å². The molecule has 0 unspecified atom stereocenters. The summed E-state index contributed by atoms with van der Waals surface area (Å²) in [6.07, 6.45) is 1.61. The fraction of sp³-hybridized carbons (Fsp3) is 0.200. The Labute approximate surface area is 126 Å². The molecule has 0 fully saturated rings. The molecule has 0 spiro atoms. The van der Waals surface area contributed by atoms with Crippen LogP contribution in [0.3, 0.4) is 0 Å². The van der Waals surface area contributed by atoms with Crippen molar-refractivity contribution in [3.63, 3.8) is 0 Å². The molecule has 0 saturated heterocycles. The van der Waals surface area contributed by atoms with Gasteiger partial charge in [-0.15, -0.1) is 0 Å². The summed E-state index contributed by atoms with van der Waals surface area (Å²) in [6, 6.07) is 7.11. The summed E-state index contributed by atoms with van der Waals surface area (Å²) in [5, 5.41) is 13.9. The van der Waals surface area contributed by atoms with Crippen LogP contribution in [-0.4, -0.2) is 22.9 Å². The molecule has 2 heterocycles. The number of aryl methyl sites for hydroxylation is 1. The van der Waals surface area contributed by atoms with Gasteiger partial charge in [0, 0.05) is 24.5 Å². The molecule has 7 heteroatoms. The van der Waals surface area contributed by atoms with Crippen LogP contribution in [0.5, 0.6) is 0 Å². The van der Waals surface area contributed by atoms with E-state index in [0.29, 0.717) is 17.8 Å². The number of carbonyl (C=O) groups is 1. The summed E-state index contributed by atoms with van der Waals surface area (Å²) >= 11 is 0. The number of carbonyl (C=O) groups excluding carboxylic acids is 1. The van der Waals surface area contributed by atoms with Gasteiger partial charge in [0.15, 0.2) is 0 Å². The van der Waals surface area contributed by atoms with Crippen LogP contribution in [0.4, 0.5) is 22.9 Å². The monoisotopic (exact) mass is 298 g/mol. The Balaban J connectivity index is 1.87. The molecular formula is C15H14N4O3.